The molecule has 176 valence electrons. The van der Waals surface area contributed by atoms with E-state index in [1.807, 2.05) is 6.07 Å². The average molecular weight is 481 g/mol. The molecule has 0 unspecified atom stereocenters. The van der Waals surface area contributed by atoms with Gasteiger partial charge in [0.2, 0.25) is 5.88 Å². The van der Waals surface area contributed by atoms with E-state index in [1.165, 1.54) is 12.4 Å². The van der Waals surface area contributed by atoms with E-state index in [1.54, 1.807) is 52.0 Å². The van der Waals surface area contributed by atoms with Crippen molar-refractivity contribution in [2.45, 2.75) is 39.7 Å². The Labute approximate surface area is 201 Å². The molecular weight excluding hydrogens is 456 g/mol. The van der Waals surface area contributed by atoms with Crippen molar-refractivity contribution >= 4 is 39.9 Å². The van der Waals surface area contributed by atoms with E-state index in [2.05, 4.69) is 25.0 Å². The molecule has 3 aromatic heterocycles. The van der Waals surface area contributed by atoms with Gasteiger partial charge in [0, 0.05) is 12.3 Å². The van der Waals surface area contributed by atoms with Gasteiger partial charge in [-0.15, -0.1) is 0 Å². The second-order valence-corrected chi connectivity index (χ2v) is 8.94. The number of pyridine rings is 2. The molecule has 34 heavy (non-hydrogen) atoms. The molecule has 0 atom stereocenters. The largest absolute Gasteiger partial charge is 0.477 e. The Balaban J connectivity index is 1.58. The molecule has 0 saturated heterocycles. The third-order valence-corrected chi connectivity index (χ3v) is 5.05. The van der Waals surface area contributed by atoms with E-state index in [0.29, 0.717) is 39.2 Å². The smallest absolute Gasteiger partial charge is 0.309 e. The van der Waals surface area contributed by atoms with E-state index in [9.17, 15) is 9.59 Å². The van der Waals surface area contributed by atoms with Gasteiger partial charge in [0.1, 0.15) is 29.1 Å². The van der Waals surface area contributed by atoms with Crippen LogP contribution in [0.5, 0.6) is 5.88 Å². The predicted octanol–water partition coefficient (Wildman–Crippen LogP) is 4.22. The molecule has 0 saturated carbocycles. The molecule has 10 nitrogen and oxygen atoms in total. The Hall–Kier alpha value is -4.04. The molecular formula is C23H24N6O4S. The SMILES string of the molecule is Cc1nsc(Nc2ccc(C#N)cn2)c1C(=O)Nc1ccc(OCCC(=O)OC(C)(C)C)nc1. The Morgan fingerprint density at radius 1 is 1.15 bits per heavy atom. The van der Waals surface area contributed by atoms with Gasteiger partial charge in [-0.2, -0.15) is 9.64 Å². The zero-order valence-electron chi connectivity index (χ0n) is 19.2. The Morgan fingerprint density at radius 3 is 2.56 bits per heavy atom. The average Bonchev–Trinajstić information content (AvgIpc) is 3.14. The number of aromatic nitrogens is 3. The minimum atomic E-state index is -0.542. The summed E-state index contributed by atoms with van der Waals surface area (Å²) in [6, 6.07) is 8.54. The first-order valence-electron chi connectivity index (χ1n) is 10.4. The van der Waals surface area contributed by atoms with E-state index in [4.69, 9.17) is 14.7 Å². The summed E-state index contributed by atoms with van der Waals surface area (Å²) in [6.45, 7) is 7.28. The van der Waals surface area contributed by atoms with Crippen LogP contribution in [-0.4, -0.2) is 38.4 Å². The molecule has 0 aliphatic heterocycles. The summed E-state index contributed by atoms with van der Waals surface area (Å²) in [6.07, 6.45) is 3.01. The van der Waals surface area contributed by atoms with E-state index >= 15 is 0 Å². The number of anilines is 3. The molecule has 0 spiro atoms. The summed E-state index contributed by atoms with van der Waals surface area (Å²) in [5.41, 5.74) is 1.31. The third-order valence-electron chi connectivity index (χ3n) is 4.19. The number of amides is 1. The first-order chi connectivity index (χ1) is 16.1. The van der Waals surface area contributed by atoms with Crippen LogP contribution in [0.25, 0.3) is 0 Å². The molecule has 0 aliphatic carbocycles. The molecule has 3 aromatic rings. The highest BCUT2D eigenvalue weighted by atomic mass is 32.1. The fraction of sp³-hybridized carbons (Fsp3) is 0.304. The van der Waals surface area contributed by atoms with Crippen molar-refractivity contribution in [2.24, 2.45) is 0 Å². The lowest BCUT2D eigenvalue weighted by atomic mass is 10.2. The molecule has 3 rings (SSSR count). The summed E-state index contributed by atoms with van der Waals surface area (Å²) in [7, 11) is 0. The summed E-state index contributed by atoms with van der Waals surface area (Å²) < 4.78 is 15.0. The zero-order valence-corrected chi connectivity index (χ0v) is 20.0. The van der Waals surface area contributed by atoms with Crippen LogP contribution in [0, 0.1) is 18.3 Å². The standard InChI is InChI=1S/C23H24N6O4S/c1-14-20(22(34-29-14)28-17-7-5-15(11-24)12-25-17)21(31)27-16-6-8-18(26-13-16)32-10-9-19(30)33-23(2,3)4/h5-8,12-13H,9-10H2,1-4H3,(H,25,28)(H,27,31). The van der Waals surface area contributed by atoms with Gasteiger partial charge in [0.25, 0.3) is 5.91 Å². The molecule has 1 amide bonds. The Bertz CT molecular complexity index is 1190. The summed E-state index contributed by atoms with van der Waals surface area (Å²) in [5, 5.41) is 15.3. The van der Waals surface area contributed by atoms with E-state index in [0.717, 1.165) is 11.5 Å². The van der Waals surface area contributed by atoms with E-state index in [-0.39, 0.29) is 24.9 Å². The number of carbonyl (C=O) groups excluding carboxylic acids is 2. The first-order valence-corrected chi connectivity index (χ1v) is 11.1. The highest BCUT2D eigenvalue weighted by Crippen LogP contribution is 2.28. The fourth-order valence-electron chi connectivity index (χ4n) is 2.74. The summed E-state index contributed by atoms with van der Waals surface area (Å²) in [5.74, 6) is 0.106. The molecule has 3 heterocycles. The van der Waals surface area contributed by atoms with Crippen LogP contribution in [0.15, 0.2) is 36.7 Å². The number of rotatable bonds is 8. The molecule has 0 aromatic carbocycles. The number of aryl methyl sites for hydroxylation is 1. The van der Waals surface area contributed by atoms with Crippen LogP contribution in [0.3, 0.4) is 0 Å². The lowest BCUT2D eigenvalue weighted by Gasteiger charge is -2.19. The van der Waals surface area contributed by atoms with Crippen molar-refractivity contribution in [3.8, 4) is 11.9 Å². The molecule has 0 aliphatic rings. The van der Waals surface area contributed by atoms with Gasteiger partial charge >= 0.3 is 5.97 Å². The van der Waals surface area contributed by atoms with Crippen LogP contribution in [0.1, 0.15) is 48.8 Å². The number of ether oxygens (including phenoxy) is 2. The first kappa shape index (κ1) is 24.6. The van der Waals surface area contributed by atoms with Crippen molar-refractivity contribution in [2.75, 3.05) is 17.2 Å². The van der Waals surface area contributed by atoms with Crippen LogP contribution >= 0.6 is 11.5 Å². The van der Waals surface area contributed by atoms with Crippen LogP contribution in [0.4, 0.5) is 16.5 Å². The molecule has 11 heteroatoms. The highest BCUT2D eigenvalue weighted by Gasteiger charge is 2.20. The molecule has 2 N–H and O–H groups in total. The van der Waals surface area contributed by atoms with Gasteiger partial charge in [0.15, 0.2) is 0 Å². The molecule has 0 radical (unpaired) electrons. The summed E-state index contributed by atoms with van der Waals surface area (Å²) >= 11 is 1.14. The van der Waals surface area contributed by atoms with Crippen molar-refractivity contribution in [3.63, 3.8) is 0 Å². The van der Waals surface area contributed by atoms with Crippen molar-refractivity contribution in [3.05, 3.63) is 53.5 Å². The monoisotopic (exact) mass is 480 g/mol. The van der Waals surface area contributed by atoms with Gasteiger partial charge in [-0.25, -0.2) is 9.97 Å². The van der Waals surface area contributed by atoms with Crippen LogP contribution in [0.2, 0.25) is 0 Å². The number of nitrogens with one attached hydrogen (secondary N) is 2. The van der Waals surface area contributed by atoms with Gasteiger partial charge in [-0.3, -0.25) is 9.59 Å². The van der Waals surface area contributed by atoms with Crippen LogP contribution < -0.4 is 15.4 Å². The maximum Gasteiger partial charge on any atom is 0.309 e. The van der Waals surface area contributed by atoms with Gasteiger partial charge in [-0.1, -0.05) is 0 Å². The van der Waals surface area contributed by atoms with E-state index < -0.39 is 5.60 Å². The lowest BCUT2D eigenvalue weighted by Crippen LogP contribution is -2.24. The van der Waals surface area contributed by atoms with Gasteiger partial charge in [0.05, 0.1) is 35.1 Å². The zero-order chi connectivity index (χ0) is 24.7. The predicted molar refractivity (Wildman–Crippen MR) is 127 cm³/mol. The lowest BCUT2D eigenvalue weighted by molar-refractivity contribution is -0.155. The van der Waals surface area contributed by atoms with Crippen molar-refractivity contribution in [1.82, 2.24) is 14.3 Å². The third kappa shape index (κ3) is 6.98. The van der Waals surface area contributed by atoms with Crippen molar-refractivity contribution in [1.29, 1.82) is 5.26 Å². The molecule has 0 fully saturated rings. The number of nitrogens with zero attached hydrogens (tertiary/aromatic N) is 4. The minimum Gasteiger partial charge on any atom is -0.477 e. The van der Waals surface area contributed by atoms with Crippen LogP contribution in [-0.2, 0) is 9.53 Å². The topological polar surface area (TPSA) is 139 Å². The quantitative estimate of drug-likeness (QED) is 0.454. The number of nitriles is 1. The minimum absolute atomic E-state index is 0.103. The normalized spacial score (nSPS) is 10.8. The van der Waals surface area contributed by atoms with Gasteiger partial charge in [-0.05, 0) is 57.4 Å². The second kappa shape index (κ2) is 10.7. The Morgan fingerprint density at radius 2 is 1.94 bits per heavy atom. The number of hydrogen-bond acceptors (Lipinski definition) is 10. The second-order valence-electron chi connectivity index (χ2n) is 8.17. The number of esters is 1. The fourth-order valence-corrected chi connectivity index (χ4v) is 3.54. The van der Waals surface area contributed by atoms with Gasteiger partial charge < -0.3 is 20.1 Å². The number of carbonyl (C=O) groups is 2. The Kier molecular flexibility index (Phi) is 7.75. The van der Waals surface area contributed by atoms with Crippen molar-refractivity contribution < 1.29 is 19.1 Å². The number of hydrogen-bond donors (Lipinski definition) is 2. The highest BCUT2D eigenvalue weighted by molar-refractivity contribution is 7.10. The molecule has 0 bridgehead atoms. The maximum absolute atomic E-state index is 12.9. The summed E-state index contributed by atoms with van der Waals surface area (Å²) in [4.78, 5) is 33.0. The maximum atomic E-state index is 12.9.